The molecule has 0 radical (unpaired) electrons. The number of imide groups is 1. The largest absolute Gasteiger partial charge is 0.508 e. The average Bonchev–Trinajstić information content (AvgIpc) is 2.61. The van der Waals surface area contributed by atoms with Gasteiger partial charge in [-0.25, -0.2) is 9.29 Å². The van der Waals surface area contributed by atoms with Crippen molar-refractivity contribution in [2.24, 2.45) is 0 Å². The fraction of sp³-hybridized carbons (Fsp3) is 0. The normalized spacial score (nSPS) is 13.8. The van der Waals surface area contributed by atoms with Crippen molar-refractivity contribution in [3.63, 3.8) is 0 Å². The number of phenolic OH excluding ortho intramolecular Hbond substituents is 1. The van der Waals surface area contributed by atoms with Crippen LogP contribution in [0.5, 0.6) is 5.75 Å². The van der Waals surface area contributed by atoms with E-state index in [0.717, 1.165) is 17.0 Å². The lowest BCUT2D eigenvalue weighted by molar-refractivity contribution is 0.0926. The van der Waals surface area contributed by atoms with Crippen molar-refractivity contribution < 1.29 is 19.1 Å². The predicted molar refractivity (Wildman–Crippen MR) is 65.6 cm³/mol. The van der Waals surface area contributed by atoms with Gasteiger partial charge in [0.2, 0.25) is 0 Å². The van der Waals surface area contributed by atoms with Crippen molar-refractivity contribution >= 4 is 17.5 Å². The highest BCUT2D eigenvalue weighted by Gasteiger charge is 2.36. The number of aromatic hydroxyl groups is 1. The number of anilines is 1. The van der Waals surface area contributed by atoms with Gasteiger partial charge in [-0.3, -0.25) is 9.59 Å². The second-order valence-electron chi connectivity index (χ2n) is 4.16. The molecule has 5 heteroatoms. The van der Waals surface area contributed by atoms with Crippen molar-refractivity contribution in [3.8, 4) is 5.75 Å². The van der Waals surface area contributed by atoms with E-state index in [0.29, 0.717) is 0 Å². The molecule has 0 aromatic heterocycles. The van der Waals surface area contributed by atoms with Crippen molar-refractivity contribution in [1.29, 1.82) is 0 Å². The minimum Gasteiger partial charge on any atom is -0.508 e. The Morgan fingerprint density at radius 2 is 1.68 bits per heavy atom. The first kappa shape index (κ1) is 11.4. The van der Waals surface area contributed by atoms with E-state index < -0.39 is 17.6 Å². The number of fused-ring (bicyclic) bond motifs is 1. The number of hydrogen-bond acceptors (Lipinski definition) is 3. The van der Waals surface area contributed by atoms with Crippen LogP contribution in [0, 0.1) is 5.82 Å². The maximum Gasteiger partial charge on any atom is 0.266 e. The third kappa shape index (κ3) is 1.67. The highest BCUT2D eigenvalue weighted by Crippen LogP contribution is 2.30. The van der Waals surface area contributed by atoms with Gasteiger partial charge in [-0.05, 0) is 30.3 Å². The lowest BCUT2D eigenvalue weighted by atomic mass is 10.1. The van der Waals surface area contributed by atoms with Crippen molar-refractivity contribution in [3.05, 3.63) is 59.4 Å². The molecule has 0 bridgehead atoms. The predicted octanol–water partition coefficient (Wildman–Crippen LogP) is 2.33. The average molecular weight is 257 g/mol. The summed E-state index contributed by atoms with van der Waals surface area (Å²) in [6.45, 7) is 0. The van der Waals surface area contributed by atoms with E-state index in [2.05, 4.69) is 0 Å². The minimum absolute atomic E-state index is 0.0355. The summed E-state index contributed by atoms with van der Waals surface area (Å²) in [5.41, 5.74) is 0.453. The summed E-state index contributed by atoms with van der Waals surface area (Å²) in [6.07, 6.45) is 0. The molecule has 0 spiro atoms. The summed E-state index contributed by atoms with van der Waals surface area (Å²) in [6, 6.07) is 9.24. The van der Waals surface area contributed by atoms with Gasteiger partial charge in [-0.15, -0.1) is 0 Å². The Bertz CT molecular complexity index is 712. The maximum atomic E-state index is 13.1. The molecule has 1 N–H and O–H groups in total. The molecule has 19 heavy (non-hydrogen) atoms. The molecule has 2 amide bonds. The highest BCUT2D eigenvalue weighted by atomic mass is 19.1. The van der Waals surface area contributed by atoms with Gasteiger partial charge in [-0.1, -0.05) is 6.07 Å². The summed E-state index contributed by atoms with van der Waals surface area (Å²) in [7, 11) is 0. The van der Waals surface area contributed by atoms with Crippen molar-refractivity contribution in [2.75, 3.05) is 4.90 Å². The molecule has 0 aliphatic carbocycles. The number of rotatable bonds is 1. The van der Waals surface area contributed by atoms with E-state index in [9.17, 15) is 19.1 Å². The fourth-order valence-corrected chi connectivity index (χ4v) is 2.08. The van der Waals surface area contributed by atoms with Gasteiger partial charge in [0.05, 0.1) is 16.8 Å². The van der Waals surface area contributed by atoms with Crippen LogP contribution in [0.15, 0.2) is 42.5 Å². The zero-order valence-electron chi connectivity index (χ0n) is 9.63. The van der Waals surface area contributed by atoms with Gasteiger partial charge in [-0.2, -0.15) is 0 Å². The minimum atomic E-state index is -0.592. The second-order valence-corrected chi connectivity index (χ2v) is 4.16. The summed E-state index contributed by atoms with van der Waals surface area (Å²) in [4.78, 5) is 25.2. The van der Waals surface area contributed by atoms with E-state index in [1.54, 1.807) is 0 Å². The molecule has 1 heterocycles. The zero-order valence-corrected chi connectivity index (χ0v) is 9.63. The Kier molecular flexibility index (Phi) is 2.35. The third-order valence-corrected chi connectivity index (χ3v) is 2.94. The van der Waals surface area contributed by atoms with E-state index in [4.69, 9.17) is 0 Å². The molecular formula is C14H8FNO3. The first-order valence-corrected chi connectivity index (χ1v) is 5.55. The molecule has 94 valence electrons. The van der Waals surface area contributed by atoms with Crippen LogP contribution in [0.3, 0.4) is 0 Å². The molecular weight excluding hydrogens is 249 g/mol. The van der Waals surface area contributed by atoms with Crippen LogP contribution in [-0.4, -0.2) is 16.9 Å². The van der Waals surface area contributed by atoms with Gasteiger partial charge >= 0.3 is 0 Å². The number of nitrogens with zero attached hydrogens (tertiary/aromatic N) is 1. The fourth-order valence-electron chi connectivity index (χ4n) is 2.08. The van der Waals surface area contributed by atoms with Crippen LogP contribution in [0.2, 0.25) is 0 Å². The van der Waals surface area contributed by atoms with Crippen LogP contribution in [0.4, 0.5) is 10.1 Å². The number of carbonyl (C=O) groups excluding carboxylic acids is 2. The van der Waals surface area contributed by atoms with E-state index in [1.165, 1.54) is 30.3 Å². The number of halogens is 1. The number of amides is 2. The van der Waals surface area contributed by atoms with Crippen LogP contribution in [0.1, 0.15) is 20.7 Å². The van der Waals surface area contributed by atoms with E-state index in [-0.39, 0.29) is 22.6 Å². The number of benzene rings is 2. The molecule has 2 aromatic carbocycles. The Morgan fingerprint density at radius 1 is 0.947 bits per heavy atom. The molecule has 0 saturated carbocycles. The highest BCUT2D eigenvalue weighted by molar-refractivity contribution is 6.34. The molecule has 1 aliphatic heterocycles. The van der Waals surface area contributed by atoms with Crippen LogP contribution in [-0.2, 0) is 0 Å². The number of phenols is 1. The summed E-state index contributed by atoms with van der Waals surface area (Å²) in [5, 5.41) is 9.40. The molecule has 0 fully saturated rings. The maximum absolute atomic E-state index is 13.1. The SMILES string of the molecule is O=C1c2ccc(F)cc2C(=O)N1c1cccc(O)c1. The topological polar surface area (TPSA) is 57.6 Å². The standard InChI is InChI=1S/C14H8FNO3/c15-8-4-5-11-12(6-8)14(19)16(13(11)18)9-2-1-3-10(17)7-9/h1-7,17H. The molecule has 1 aliphatic rings. The smallest absolute Gasteiger partial charge is 0.266 e. The van der Waals surface area contributed by atoms with E-state index >= 15 is 0 Å². The molecule has 0 saturated heterocycles. The molecule has 2 aromatic rings. The lowest BCUT2D eigenvalue weighted by Crippen LogP contribution is -2.29. The summed E-state index contributed by atoms with van der Waals surface area (Å²) in [5.74, 6) is -1.74. The van der Waals surface area contributed by atoms with Crippen molar-refractivity contribution in [1.82, 2.24) is 0 Å². The zero-order chi connectivity index (χ0) is 13.6. The van der Waals surface area contributed by atoms with Crippen LogP contribution < -0.4 is 4.90 Å². The lowest BCUT2D eigenvalue weighted by Gasteiger charge is -2.13. The molecule has 4 nitrogen and oxygen atoms in total. The molecule has 3 rings (SSSR count). The molecule has 0 atom stereocenters. The number of carbonyl (C=O) groups is 2. The monoisotopic (exact) mass is 257 g/mol. The van der Waals surface area contributed by atoms with Gasteiger partial charge in [0, 0.05) is 6.07 Å². The van der Waals surface area contributed by atoms with Gasteiger partial charge in [0.25, 0.3) is 11.8 Å². The van der Waals surface area contributed by atoms with Crippen LogP contribution >= 0.6 is 0 Å². The van der Waals surface area contributed by atoms with Gasteiger partial charge < -0.3 is 5.11 Å². The third-order valence-electron chi connectivity index (χ3n) is 2.94. The van der Waals surface area contributed by atoms with Gasteiger partial charge in [0.1, 0.15) is 11.6 Å². The Morgan fingerprint density at radius 3 is 2.42 bits per heavy atom. The van der Waals surface area contributed by atoms with E-state index in [1.807, 2.05) is 0 Å². The van der Waals surface area contributed by atoms with Crippen LogP contribution in [0.25, 0.3) is 0 Å². The molecule has 0 unspecified atom stereocenters. The Labute approximate surface area is 107 Å². The Hall–Kier alpha value is -2.69. The van der Waals surface area contributed by atoms with Crippen molar-refractivity contribution in [2.45, 2.75) is 0 Å². The van der Waals surface area contributed by atoms with Gasteiger partial charge in [0.15, 0.2) is 0 Å². The Balaban J connectivity index is 2.13. The second kappa shape index (κ2) is 3.91. The first-order chi connectivity index (χ1) is 9.08. The number of hydrogen-bond donors (Lipinski definition) is 1. The first-order valence-electron chi connectivity index (χ1n) is 5.55. The summed E-state index contributed by atoms with van der Waals surface area (Å²) >= 11 is 0. The summed E-state index contributed by atoms with van der Waals surface area (Å²) < 4.78 is 13.1. The quantitative estimate of drug-likeness (QED) is 0.798.